The van der Waals surface area contributed by atoms with E-state index in [0.717, 1.165) is 11.3 Å². The Balaban J connectivity index is 1.82. The SMILES string of the molecule is COc1ccc(-c2nc(NC(=O)C3(C)CCCO3)sc2C)cc1F. The first kappa shape index (κ1) is 16.9. The Bertz CT molecular complexity index is 769. The van der Waals surface area contributed by atoms with E-state index in [-0.39, 0.29) is 11.7 Å². The molecule has 5 nitrogen and oxygen atoms in total. The maximum absolute atomic E-state index is 13.9. The highest BCUT2D eigenvalue weighted by Crippen LogP contribution is 2.33. The molecule has 1 N–H and O–H groups in total. The summed E-state index contributed by atoms with van der Waals surface area (Å²) in [5.74, 6) is -0.451. The van der Waals surface area contributed by atoms with E-state index in [2.05, 4.69) is 10.3 Å². The number of aryl methyl sites for hydroxylation is 1. The van der Waals surface area contributed by atoms with Crippen LogP contribution in [0.4, 0.5) is 9.52 Å². The molecule has 1 fully saturated rings. The number of methoxy groups -OCH3 is 1. The number of nitrogens with zero attached hydrogens (tertiary/aromatic N) is 1. The van der Waals surface area contributed by atoms with Crippen LogP contribution in [0.25, 0.3) is 11.3 Å². The van der Waals surface area contributed by atoms with E-state index in [1.165, 1.54) is 24.5 Å². The van der Waals surface area contributed by atoms with E-state index in [1.54, 1.807) is 19.1 Å². The molecule has 24 heavy (non-hydrogen) atoms. The zero-order valence-electron chi connectivity index (χ0n) is 13.8. The average Bonchev–Trinajstić information content (AvgIpc) is 3.14. The van der Waals surface area contributed by atoms with Gasteiger partial charge in [-0.05, 0) is 44.9 Å². The number of carbonyl (C=O) groups excluding carboxylic acids is 1. The van der Waals surface area contributed by atoms with Crippen LogP contribution in [-0.4, -0.2) is 30.2 Å². The van der Waals surface area contributed by atoms with Crippen molar-refractivity contribution < 1.29 is 18.7 Å². The maximum Gasteiger partial charge on any atom is 0.258 e. The van der Waals surface area contributed by atoms with Crippen LogP contribution in [0.5, 0.6) is 5.75 Å². The fourth-order valence-corrected chi connectivity index (χ4v) is 3.55. The topological polar surface area (TPSA) is 60.5 Å². The van der Waals surface area contributed by atoms with Crippen molar-refractivity contribution in [3.63, 3.8) is 0 Å². The van der Waals surface area contributed by atoms with Gasteiger partial charge in [0.25, 0.3) is 5.91 Å². The second-order valence-corrected chi connectivity index (χ2v) is 7.11. The van der Waals surface area contributed by atoms with Gasteiger partial charge >= 0.3 is 0 Å². The molecular weight excluding hydrogens is 331 g/mol. The number of benzene rings is 1. The van der Waals surface area contributed by atoms with Gasteiger partial charge in [-0.25, -0.2) is 9.37 Å². The van der Waals surface area contributed by atoms with Gasteiger partial charge in [0.1, 0.15) is 5.60 Å². The lowest BCUT2D eigenvalue weighted by Crippen LogP contribution is -2.39. The lowest BCUT2D eigenvalue weighted by molar-refractivity contribution is -0.133. The fourth-order valence-electron chi connectivity index (χ4n) is 2.72. The number of halogens is 1. The van der Waals surface area contributed by atoms with Crippen LogP contribution in [0.3, 0.4) is 0 Å². The Morgan fingerprint density at radius 1 is 1.50 bits per heavy atom. The molecule has 128 valence electrons. The highest BCUT2D eigenvalue weighted by atomic mass is 32.1. The standard InChI is InChI=1S/C17H19FN2O3S/c1-10-14(11-5-6-13(22-3)12(18)9-11)19-16(24-10)20-15(21)17(2)7-4-8-23-17/h5-6,9H,4,7-8H2,1-3H3,(H,19,20,21). The molecule has 2 aromatic rings. The number of amides is 1. The van der Waals surface area contributed by atoms with E-state index < -0.39 is 11.4 Å². The summed E-state index contributed by atoms with van der Waals surface area (Å²) in [7, 11) is 1.42. The van der Waals surface area contributed by atoms with Gasteiger partial charge < -0.3 is 9.47 Å². The first-order valence-corrected chi connectivity index (χ1v) is 8.51. The lowest BCUT2D eigenvalue weighted by Gasteiger charge is -2.20. The zero-order valence-corrected chi connectivity index (χ0v) is 14.6. The number of aromatic nitrogens is 1. The van der Waals surface area contributed by atoms with Crippen molar-refractivity contribution in [1.82, 2.24) is 4.98 Å². The molecule has 0 spiro atoms. The highest BCUT2D eigenvalue weighted by Gasteiger charge is 2.38. The molecule has 1 atom stereocenters. The molecule has 0 aliphatic carbocycles. The van der Waals surface area contributed by atoms with Crippen molar-refractivity contribution >= 4 is 22.4 Å². The van der Waals surface area contributed by atoms with Gasteiger partial charge in [0, 0.05) is 17.0 Å². The van der Waals surface area contributed by atoms with Gasteiger partial charge in [0.2, 0.25) is 0 Å². The molecule has 1 aliphatic heterocycles. The minimum Gasteiger partial charge on any atom is -0.494 e. The van der Waals surface area contributed by atoms with Crippen LogP contribution in [0.1, 0.15) is 24.6 Å². The van der Waals surface area contributed by atoms with E-state index in [1.807, 2.05) is 6.92 Å². The van der Waals surface area contributed by atoms with Crippen molar-refractivity contribution in [1.29, 1.82) is 0 Å². The summed E-state index contributed by atoms with van der Waals surface area (Å²) in [4.78, 5) is 17.7. The number of hydrogen-bond acceptors (Lipinski definition) is 5. The summed E-state index contributed by atoms with van der Waals surface area (Å²) in [6, 6.07) is 4.69. The molecule has 1 aromatic carbocycles. The summed E-state index contributed by atoms with van der Waals surface area (Å²) in [5.41, 5.74) is 0.492. The molecule has 0 bridgehead atoms. The molecule has 1 aromatic heterocycles. The maximum atomic E-state index is 13.9. The van der Waals surface area contributed by atoms with Crippen LogP contribution in [-0.2, 0) is 9.53 Å². The van der Waals surface area contributed by atoms with E-state index >= 15 is 0 Å². The normalized spacial score (nSPS) is 20.2. The number of rotatable bonds is 4. The van der Waals surface area contributed by atoms with Gasteiger partial charge in [-0.1, -0.05) is 0 Å². The molecule has 1 aliphatic rings. The van der Waals surface area contributed by atoms with Crippen molar-refractivity contribution in [3.05, 3.63) is 28.9 Å². The number of anilines is 1. The molecule has 1 saturated heterocycles. The number of ether oxygens (including phenoxy) is 2. The van der Waals surface area contributed by atoms with Crippen LogP contribution >= 0.6 is 11.3 Å². The van der Waals surface area contributed by atoms with Crippen LogP contribution in [0.2, 0.25) is 0 Å². The molecule has 2 heterocycles. The molecule has 0 radical (unpaired) electrons. The number of hydrogen-bond donors (Lipinski definition) is 1. The Labute approximate surface area is 143 Å². The molecule has 3 rings (SSSR count). The third-order valence-corrected chi connectivity index (χ3v) is 5.03. The highest BCUT2D eigenvalue weighted by molar-refractivity contribution is 7.16. The predicted molar refractivity (Wildman–Crippen MR) is 91.0 cm³/mol. The average molecular weight is 350 g/mol. The van der Waals surface area contributed by atoms with Gasteiger partial charge in [-0.3, -0.25) is 10.1 Å². The minimum absolute atomic E-state index is 0.187. The number of nitrogens with one attached hydrogen (secondary N) is 1. The smallest absolute Gasteiger partial charge is 0.258 e. The summed E-state index contributed by atoms with van der Waals surface area (Å²) < 4.78 is 24.4. The second-order valence-electron chi connectivity index (χ2n) is 5.91. The first-order valence-electron chi connectivity index (χ1n) is 7.70. The van der Waals surface area contributed by atoms with Crippen LogP contribution < -0.4 is 10.1 Å². The van der Waals surface area contributed by atoms with E-state index in [0.29, 0.717) is 29.4 Å². The third kappa shape index (κ3) is 3.14. The first-order chi connectivity index (χ1) is 11.4. The Hall–Kier alpha value is -1.99. The third-order valence-electron chi connectivity index (χ3n) is 4.14. The molecule has 0 saturated carbocycles. The fraction of sp³-hybridized carbons (Fsp3) is 0.412. The largest absolute Gasteiger partial charge is 0.494 e. The second kappa shape index (κ2) is 6.49. The molecular formula is C17H19FN2O3S. The van der Waals surface area contributed by atoms with Gasteiger partial charge in [0.15, 0.2) is 16.7 Å². The molecule has 7 heteroatoms. The summed E-state index contributed by atoms with van der Waals surface area (Å²) in [6.45, 7) is 4.27. The quantitative estimate of drug-likeness (QED) is 0.912. The predicted octanol–water partition coefficient (Wildman–Crippen LogP) is 3.77. The lowest BCUT2D eigenvalue weighted by atomic mass is 10.0. The van der Waals surface area contributed by atoms with Crippen molar-refractivity contribution in [2.45, 2.75) is 32.3 Å². The zero-order chi connectivity index (χ0) is 17.3. The van der Waals surface area contributed by atoms with Gasteiger partial charge in [-0.15, -0.1) is 11.3 Å². The Morgan fingerprint density at radius 3 is 2.92 bits per heavy atom. The number of thiazole rings is 1. The monoisotopic (exact) mass is 350 g/mol. The minimum atomic E-state index is -0.800. The van der Waals surface area contributed by atoms with Crippen LogP contribution in [0.15, 0.2) is 18.2 Å². The molecule has 1 amide bonds. The van der Waals surface area contributed by atoms with Crippen LogP contribution in [0, 0.1) is 12.7 Å². The van der Waals surface area contributed by atoms with Gasteiger partial charge in [-0.2, -0.15) is 0 Å². The van der Waals surface area contributed by atoms with Crippen molar-refractivity contribution in [3.8, 4) is 17.0 Å². The van der Waals surface area contributed by atoms with E-state index in [4.69, 9.17) is 9.47 Å². The van der Waals surface area contributed by atoms with Crippen molar-refractivity contribution in [2.24, 2.45) is 0 Å². The Morgan fingerprint density at radius 2 is 2.29 bits per heavy atom. The van der Waals surface area contributed by atoms with Crippen molar-refractivity contribution in [2.75, 3.05) is 19.0 Å². The summed E-state index contributed by atoms with van der Waals surface area (Å²) in [6.07, 6.45) is 1.57. The van der Waals surface area contributed by atoms with E-state index in [9.17, 15) is 9.18 Å². The summed E-state index contributed by atoms with van der Waals surface area (Å²) in [5, 5.41) is 3.30. The number of carbonyl (C=O) groups is 1. The Kier molecular flexibility index (Phi) is 4.56. The molecule has 1 unspecified atom stereocenters. The van der Waals surface area contributed by atoms with Gasteiger partial charge in [0.05, 0.1) is 12.8 Å². The summed E-state index contributed by atoms with van der Waals surface area (Å²) >= 11 is 1.36.